The van der Waals surface area contributed by atoms with Crippen molar-refractivity contribution in [3.63, 3.8) is 0 Å². The fourth-order valence-electron chi connectivity index (χ4n) is 2.20. The molecule has 0 bridgehead atoms. The fraction of sp³-hybridized carbons (Fsp3) is 0.375. The highest BCUT2D eigenvalue weighted by atomic mass is 127. The molecule has 6 heteroatoms. The molecule has 1 aliphatic carbocycles. The number of halogens is 2. The van der Waals surface area contributed by atoms with Crippen LogP contribution >= 0.6 is 45.2 Å². The summed E-state index contributed by atoms with van der Waals surface area (Å²) in [6.07, 6.45) is 3.49. The van der Waals surface area contributed by atoms with Crippen LogP contribution in [0.25, 0.3) is 0 Å². The standard InChI is InChI=1S/C16H17I2NO3/c1-2-3-12(17)13(18)8-22-15-7-14(20)11-6-9(19)4-5-10(11)16(15)21/h4-7,12-13H,2-3,8,19H2,1H3. The fourth-order valence-corrected chi connectivity index (χ4v) is 3.57. The second-order valence-corrected chi connectivity index (χ2v) is 8.34. The Balaban J connectivity index is 2.09. The van der Waals surface area contributed by atoms with Gasteiger partial charge in [-0.25, -0.2) is 0 Å². The van der Waals surface area contributed by atoms with Crippen LogP contribution in [0.2, 0.25) is 0 Å². The Morgan fingerprint density at radius 1 is 1.18 bits per heavy atom. The predicted molar refractivity (Wildman–Crippen MR) is 104 cm³/mol. The van der Waals surface area contributed by atoms with Gasteiger partial charge in [-0.2, -0.15) is 0 Å². The molecular formula is C16H17I2NO3. The minimum Gasteiger partial charge on any atom is -0.488 e. The number of hydrogen-bond donors (Lipinski definition) is 1. The Bertz CT molecular complexity index is 628. The number of carbonyl (C=O) groups is 2. The molecule has 2 atom stereocenters. The van der Waals surface area contributed by atoms with Crippen LogP contribution in [0.4, 0.5) is 5.69 Å². The first-order chi connectivity index (χ1) is 10.4. The smallest absolute Gasteiger partial charge is 0.228 e. The lowest BCUT2D eigenvalue weighted by molar-refractivity contribution is 0.0885. The lowest BCUT2D eigenvalue weighted by Crippen LogP contribution is -2.24. The largest absolute Gasteiger partial charge is 0.488 e. The SMILES string of the molecule is CCCC(I)C(I)COC1=CC(=O)c2cc(N)ccc2C1=O. The number of allylic oxidation sites excluding steroid dienone is 2. The van der Waals surface area contributed by atoms with Gasteiger partial charge in [0, 0.05) is 26.8 Å². The molecular weight excluding hydrogens is 508 g/mol. The Hall–Kier alpha value is -0.640. The number of nitrogens with two attached hydrogens (primary N) is 1. The van der Waals surface area contributed by atoms with Gasteiger partial charge in [0.25, 0.3) is 0 Å². The van der Waals surface area contributed by atoms with Gasteiger partial charge in [0.2, 0.25) is 5.78 Å². The Morgan fingerprint density at radius 3 is 2.59 bits per heavy atom. The lowest BCUT2D eigenvalue weighted by Gasteiger charge is -2.20. The number of Topliss-reactive ketones (excluding diaryl/α,β-unsaturated/α-hetero) is 1. The minimum absolute atomic E-state index is 0.129. The van der Waals surface area contributed by atoms with Crippen molar-refractivity contribution < 1.29 is 14.3 Å². The summed E-state index contributed by atoms with van der Waals surface area (Å²) in [4.78, 5) is 24.5. The molecule has 0 saturated heterocycles. The van der Waals surface area contributed by atoms with Crippen molar-refractivity contribution in [1.29, 1.82) is 0 Å². The van der Waals surface area contributed by atoms with E-state index < -0.39 is 0 Å². The van der Waals surface area contributed by atoms with E-state index in [1.54, 1.807) is 12.1 Å². The summed E-state index contributed by atoms with van der Waals surface area (Å²) in [7, 11) is 0. The van der Waals surface area contributed by atoms with Crippen molar-refractivity contribution in [2.45, 2.75) is 27.6 Å². The van der Waals surface area contributed by atoms with Gasteiger partial charge in [-0.3, -0.25) is 9.59 Å². The number of nitrogen functional groups attached to an aromatic ring is 1. The predicted octanol–water partition coefficient (Wildman–Crippen LogP) is 3.96. The summed E-state index contributed by atoms with van der Waals surface area (Å²) in [5.41, 5.74) is 6.85. The van der Waals surface area contributed by atoms with Gasteiger partial charge in [-0.05, 0) is 24.6 Å². The summed E-state index contributed by atoms with van der Waals surface area (Å²) in [5.74, 6) is -0.357. The topological polar surface area (TPSA) is 69.4 Å². The maximum atomic E-state index is 12.4. The highest BCUT2D eigenvalue weighted by molar-refractivity contribution is 14.1. The summed E-state index contributed by atoms with van der Waals surface area (Å²) in [5, 5.41) is 0. The van der Waals surface area contributed by atoms with E-state index in [9.17, 15) is 9.59 Å². The number of hydrogen-bond acceptors (Lipinski definition) is 4. The third-order valence-electron chi connectivity index (χ3n) is 3.39. The monoisotopic (exact) mass is 525 g/mol. The van der Waals surface area contributed by atoms with Crippen molar-refractivity contribution in [1.82, 2.24) is 0 Å². The molecule has 2 rings (SSSR count). The molecule has 0 radical (unpaired) electrons. The molecule has 118 valence electrons. The Morgan fingerprint density at radius 2 is 1.91 bits per heavy atom. The van der Waals surface area contributed by atoms with E-state index in [1.807, 2.05) is 0 Å². The number of benzene rings is 1. The number of rotatable bonds is 6. The van der Waals surface area contributed by atoms with Gasteiger partial charge in [0.05, 0.1) is 3.92 Å². The van der Waals surface area contributed by atoms with Crippen molar-refractivity contribution in [3.8, 4) is 0 Å². The van der Waals surface area contributed by atoms with Crippen LogP contribution in [0, 0.1) is 0 Å². The Kier molecular flexibility index (Phi) is 6.25. The zero-order chi connectivity index (χ0) is 16.3. The number of ketones is 2. The zero-order valence-electron chi connectivity index (χ0n) is 12.1. The highest BCUT2D eigenvalue weighted by Gasteiger charge is 2.28. The summed E-state index contributed by atoms with van der Waals surface area (Å²) >= 11 is 4.73. The summed E-state index contributed by atoms with van der Waals surface area (Å²) < 4.78 is 6.39. The van der Waals surface area contributed by atoms with Crippen LogP contribution in [-0.4, -0.2) is 26.0 Å². The molecule has 1 aromatic rings. The van der Waals surface area contributed by atoms with Gasteiger partial charge in [0.1, 0.15) is 6.61 Å². The number of ether oxygens (including phenoxy) is 1. The van der Waals surface area contributed by atoms with E-state index in [1.165, 1.54) is 12.1 Å². The second-order valence-electron chi connectivity index (χ2n) is 5.14. The summed E-state index contributed by atoms with van der Waals surface area (Å²) in [6.45, 7) is 2.56. The summed E-state index contributed by atoms with van der Waals surface area (Å²) in [6, 6.07) is 4.74. The van der Waals surface area contributed by atoms with Gasteiger partial charge in [-0.1, -0.05) is 58.5 Å². The third kappa shape index (κ3) is 4.01. The van der Waals surface area contributed by atoms with Gasteiger partial charge < -0.3 is 10.5 Å². The number of anilines is 1. The third-order valence-corrected chi connectivity index (χ3v) is 7.49. The molecule has 22 heavy (non-hydrogen) atoms. The molecule has 2 N–H and O–H groups in total. The number of alkyl halides is 2. The van der Waals surface area contributed by atoms with Gasteiger partial charge in [0.15, 0.2) is 11.5 Å². The average Bonchev–Trinajstić information content (AvgIpc) is 2.49. The molecule has 0 heterocycles. The molecule has 0 fully saturated rings. The first-order valence-corrected chi connectivity index (χ1v) is 9.54. The molecule has 0 aliphatic heterocycles. The van der Waals surface area contributed by atoms with Crippen LogP contribution in [0.3, 0.4) is 0 Å². The molecule has 4 nitrogen and oxygen atoms in total. The van der Waals surface area contributed by atoms with E-state index in [4.69, 9.17) is 10.5 Å². The van der Waals surface area contributed by atoms with E-state index in [2.05, 4.69) is 52.1 Å². The van der Waals surface area contributed by atoms with E-state index >= 15 is 0 Å². The maximum absolute atomic E-state index is 12.4. The lowest BCUT2D eigenvalue weighted by atomic mass is 9.93. The van der Waals surface area contributed by atoms with Crippen LogP contribution < -0.4 is 5.73 Å². The van der Waals surface area contributed by atoms with Crippen LogP contribution in [0.15, 0.2) is 30.0 Å². The van der Waals surface area contributed by atoms with Crippen LogP contribution in [0.5, 0.6) is 0 Å². The molecule has 1 aromatic carbocycles. The average molecular weight is 525 g/mol. The number of carbonyl (C=O) groups excluding carboxylic acids is 2. The molecule has 0 aromatic heterocycles. The molecule has 0 spiro atoms. The van der Waals surface area contributed by atoms with Crippen molar-refractivity contribution in [3.05, 3.63) is 41.2 Å². The van der Waals surface area contributed by atoms with Crippen molar-refractivity contribution in [2.24, 2.45) is 0 Å². The van der Waals surface area contributed by atoms with Crippen LogP contribution in [0.1, 0.15) is 40.5 Å². The molecule has 0 saturated carbocycles. The molecule has 2 unspecified atom stereocenters. The first-order valence-electron chi connectivity index (χ1n) is 7.05. The molecule has 0 amide bonds. The van der Waals surface area contributed by atoms with Crippen LogP contribution in [-0.2, 0) is 4.74 Å². The quantitative estimate of drug-likeness (QED) is 0.347. The van der Waals surface area contributed by atoms with Gasteiger partial charge in [-0.15, -0.1) is 0 Å². The van der Waals surface area contributed by atoms with E-state index in [0.717, 1.165) is 12.8 Å². The normalized spacial score (nSPS) is 16.8. The number of fused-ring (bicyclic) bond motifs is 1. The zero-order valence-corrected chi connectivity index (χ0v) is 16.5. The Labute approximate surface area is 157 Å². The second kappa shape index (κ2) is 7.76. The van der Waals surface area contributed by atoms with Crippen molar-refractivity contribution in [2.75, 3.05) is 12.3 Å². The van der Waals surface area contributed by atoms with Gasteiger partial charge >= 0.3 is 0 Å². The highest BCUT2D eigenvalue weighted by Crippen LogP contribution is 2.26. The van der Waals surface area contributed by atoms with E-state index in [-0.39, 0.29) is 21.3 Å². The first kappa shape index (κ1) is 17.7. The minimum atomic E-state index is -0.251. The molecule has 1 aliphatic rings. The van der Waals surface area contributed by atoms with E-state index in [0.29, 0.717) is 27.3 Å². The maximum Gasteiger partial charge on any atom is 0.228 e. The van der Waals surface area contributed by atoms with Crippen molar-refractivity contribution >= 4 is 62.4 Å².